The summed E-state index contributed by atoms with van der Waals surface area (Å²) in [4.78, 5) is 16.6. The largest absolute Gasteiger partial charge is 0.383 e. The molecule has 0 bridgehead atoms. The van der Waals surface area contributed by atoms with E-state index in [0.717, 1.165) is 0 Å². The normalized spacial score (nSPS) is 10.8. The van der Waals surface area contributed by atoms with Crippen LogP contribution in [0.2, 0.25) is 0 Å². The minimum Gasteiger partial charge on any atom is -0.383 e. The Hall–Kier alpha value is -1.26. The van der Waals surface area contributed by atoms with Gasteiger partial charge in [-0.1, -0.05) is 11.8 Å². The van der Waals surface area contributed by atoms with Gasteiger partial charge in [-0.2, -0.15) is 5.26 Å². The van der Waals surface area contributed by atoms with Crippen molar-refractivity contribution in [3.63, 3.8) is 0 Å². The number of nitrogens with one attached hydrogen (secondary N) is 1. The summed E-state index contributed by atoms with van der Waals surface area (Å²) in [6, 6.07) is 0. The van der Waals surface area contributed by atoms with E-state index in [4.69, 9.17) is 10.00 Å². The van der Waals surface area contributed by atoms with Gasteiger partial charge in [0.25, 0.3) is 0 Å². The number of hydrogen-bond acceptors (Lipinski definition) is 5. The smallest absolute Gasteiger partial charge is 0.239 e. The van der Waals surface area contributed by atoms with Crippen LogP contribution in [-0.4, -0.2) is 56.1 Å². The monoisotopic (exact) mass is 244 g/mol. The lowest BCUT2D eigenvalue weighted by atomic mass is 10.5. The molecule has 0 spiro atoms. The summed E-state index contributed by atoms with van der Waals surface area (Å²) in [5, 5.41) is 11.6. The van der Waals surface area contributed by atoms with E-state index < -0.39 is 0 Å². The maximum Gasteiger partial charge on any atom is 0.239 e. The molecule has 90 valence electrons. The molecule has 6 nitrogen and oxygen atoms in total. The Labute approximate surface area is 99.7 Å². The molecule has 0 saturated carbocycles. The van der Waals surface area contributed by atoms with Gasteiger partial charge < -0.3 is 15.0 Å². The second kappa shape index (κ2) is 9.00. The van der Waals surface area contributed by atoms with Crippen LogP contribution < -0.4 is 5.32 Å². The molecule has 0 heterocycles. The maximum atomic E-state index is 11.4. The molecule has 7 heteroatoms. The van der Waals surface area contributed by atoms with Gasteiger partial charge >= 0.3 is 0 Å². The molecule has 0 unspecified atom stereocenters. The highest BCUT2D eigenvalue weighted by Gasteiger charge is 2.09. The molecule has 0 aliphatic rings. The molecule has 0 aromatic heterocycles. The quantitative estimate of drug-likeness (QED) is 0.316. The Morgan fingerprint density at radius 3 is 2.88 bits per heavy atom. The van der Waals surface area contributed by atoms with E-state index in [1.807, 2.05) is 0 Å². The van der Waals surface area contributed by atoms with Crippen molar-refractivity contribution < 1.29 is 9.53 Å². The highest BCUT2D eigenvalue weighted by molar-refractivity contribution is 8.13. The molecule has 16 heavy (non-hydrogen) atoms. The predicted molar refractivity (Wildman–Crippen MR) is 64.1 cm³/mol. The number of amides is 1. The molecule has 0 aliphatic carbocycles. The van der Waals surface area contributed by atoms with E-state index in [1.165, 1.54) is 11.8 Å². The van der Waals surface area contributed by atoms with Gasteiger partial charge in [0.15, 0.2) is 5.17 Å². The van der Waals surface area contributed by atoms with Gasteiger partial charge in [0, 0.05) is 20.7 Å². The topological polar surface area (TPSA) is 77.7 Å². The van der Waals surface area contributed by atoms with Gasteiger partial charge in [0.05, 0.1) is 13.2 Å². The number of methoxy groups -OCH3 is 1. The minimum atomic E-state index is -0.126. The lowest BCUT2D eigenvalue weighted by Gasteiger charge is -2.17. The van der Waals surface area contributed by atoms with Crippen molar-refractivity contribution >= 4 is 22.8 Å². The van der Waals surface area contributed by atoms with Gasteiger partial charge in [0.1, 0.15) is 0 Å². The number of amidine groups is 1. The summed E-state index contributed by atoms with van der Waals surface area (Å²) >= 11 is 1.32. The van der Waals surface area contributed by atoms with Crippen molar-refractivity contribution in [1.29, 1.82) is 5.26 Å². The number of rotatable bonds is 5. The van der Waals surface area contributed by atoms with Crippen LogP contribution in [0.3, 0.4) is 0 Å². The summed E-state index contributed by atoms with van der Waals surface area (Å²) in [6.45, 7) is 1.13. The third kappa shape index (κ3) is 6.27. The van der Waals surface area contributed by atoms with Crippen molar-refractivity contribution in [3.8, 4) is 6.19 Å². The van der Waals surface area contributed by atoms with Gasteiger partial charge in [-0.05, 0) is 6.26 Å². The van der Waals surface area contributed by atoms with Crippen LogP contribution in [0.15, 0.2) is 4.99 Å². The fraction of sp³-hybridized carbons (Fsp3) is 0.667. The fourth-order valence-electron chi connectivity index (χ4n) is 0.961. The standard InChI is InChI=1S/C9H16N4O2S/c1-13(9(16-3)12-7-10)6-8(14)11-4-5-15-2/h4-6H2,1-3H3,(H,11,14). The number of aliphatic imine (C=N–C) groups is 1. The van der Waals surface area contributed by atoms with E-state index in [0.29, 0.717) is 18.3 Å². The molecule has 0 rings (SSSR count). The number of likely N-dealkylation sites (N-methyl/N-ethyl adjacent to an activating group) is 1. The minimum absolute atomic E-state index is 0.126. The third-order valence-electron chi connectivity index (χ3n) is 1.66. The van der Waals surface area contributed by atoms with E-state index >= 15 is 0 Å². The molecular weight excluding hydrogens is 228 g/mol. The van der Waals surface area contributed by atoms with Crippen LogP contribution >= 0.6 is 11.8 Å². The number of hydrogen-bond donors (Lipinski definition) is 1. The molecule has 0 atom stereocenters. The Morgan fingerprint density at radius 1 is 1.69 bits per heavy atom. The summed E-state index contributed by atoms with van der Waals surface area (Å²) < 4.78 is 4.81. The molecule has 0 aliphatic heterocycles. The first kappa shape index (κ1) is 14.7. The molecule has 0 fully saturated rings. The van der Waals surface area contributed by atoms with Crippen molar-refractivity contribution in [1.82, 2.24) is 10.2 Å². The third-order valence-corrected chi connectivity index (χ3v) is 2.43. The lowest BCUT2D eigenvalue weighted by molar-refractivity contribution is -0.121. The van der Waals surface area contributed by atoms with E-state index in [-0.39, 0.29) is 12.5 Å². The van der Waals surface area contributed by atoms with Crippen LogP contribution in [0.4, 0.5) is 0 Å². The number of ether oxygens (including phenoxy) is 1. The van der Waals surface area contributed by atoms with Crippen LogP contribution in [0.1, 0.15) is 0 Å². The van der Waals surface area contributed by atoms with Crippen molar-refractivity contribution in [2.75, 3.05) is 40.1 Å². The average molecular weight is 244 g/mol. The molecule has 0 radical (unpaired) electrons. The van der Waals surface area contributed by atoms with Crippen LogP contribution in [0.25, 0.3) is 0 Å². The van der Waals surface area contributed by atoms with Gasteiger partial charge in [-0.3, -0.25) is 4.79 Å². The van der Waals surface area contributed by atoms with E-state index in [2.05, 4.69) is 10.3 Å². The van der Waals surface area contributed by atoms with Crippen molar-refractivity contribution in [2.24, 2.45) is 4.99 Å². The van der Waals surface area contributed by atoms with Crippen LogP contribution in [0, 0.1) is 11.5 Å². The predicted octanol–water partition coefficient (Wildman–Crippen LogP) is -0.119. The van der Waals surface area contributed by atoms with Gasteiger partial charge in [-0.15, -0.1) is 4.99 Å². The van der Waals surface area contributed by atoms with Crippen LogP contribution in [0.5, 0.6) is 0 Å². The number of nitriles is 1. The SMILES string of the molecule is COCCNC(=O)CN(C)C(=NC#N)SC. The average Bonchev–Trinajstić information content (AvgIpc) is 2.26. The summed E-state index contributed by atoms with van der Waals surface area (Å²) in [5.41, 5.74) is 0. The summed E-state index contributed by atoms with van der Waals surface area (Å²) in [5.74, 6) is -0.126. The van der Waals surface area contributed by atoms with Gasteiger partial charge in [0.2, 0.25) is 12.1 Å². The summed E-state index contributed by atoms with van der Waals surface area (Å²) in [6.07, 6.45) is 3.50. The van der Waals surface area contributed by atoms with E-state index in [9.17, 15) is 4.79 Å². The Kier molecular flexibility index (Phi) is 8.29. The molecule has 0 aromatic rings. The zero-order valence-corrected chi connectivity index (χ0v) is 10.5. The number of nitrogens with zero attached hydrogens (tertiary/aromatic N) is 3. The molecule has 1 N–H and O–H groups in total. The Morgan fingerprint density at radius 2 is 2.38 bits per heavy atom. The fourth-order valence-corrected chi connectivity index (χ4v) is 1.47. The highest BCUT2D eigenvalue weighted by Crippen LogP contribution is 2.02. The zero-order chi connectivity index (χ0) is 12.4. The van der Waals surface area contributed by atoms with E-state index in [1.54, 1.807) is 31.5 Å². The first-order valence-corrected chi connectivity index (χ1v) is 5.85. The molecular formula is C9H16N4O2S. The second-order valence-corrected chi connectivity index (χ2v) is 3.67. The number of carbonyl (C=O) groups excluding carboxylic acids is 1. The lowest BCUT2D eigenvalue weighted by Crippen LogP contribution is -2.38. The van der Waals surface area contributed by atoms with Crippen molar-refractivity contribution in [2.45, 2.75) is 0 Å². The Balaban J connectivity index is 4.03. The number of thioether (sulfide) groups is 1. The second-order valence-electron chi connectivity index (χ2n) is 2.90. The first-order valence-electron chi connectivity index (χ1n) is 4.63. The summed E-state index contributed by atoms with van der Waals surface area (Å²) in [7, 11) is 3.28. The molecule has 1 amide bonds. The van der Waals surface area contributed by atoms with Crippen molar-refractivity contribution in [3.05, 3.63) is 0 Å². The zero-order valence-electron chi connectivity index (χ0n) is 9.69. The highest BCUT2D eigenvalue weighted by atomic mass is 32.2. The molecule has 0 saturated heterocycles. The van der Waals surface area contributed by atoms with Crippen LogP contribution in [-0.2, 0) is 9.53 Å². The number of carbonyl (C=O) groups is 1. The maximum absolute atomic E-state index is 11.4. The molecule has 0 aromatic carbocycles. The Bertz CT molecular complexity index is 288. The first-order chi connectivity index (χ1) is 7.65. The van der Waals surface area contributed by atoms with Gasteiger partial charge in [-0.25, -0.2) is 0 Å².